The molecule has 0 aromatic carbocycles. The van der Waals surface area contributed by atoms with Gasteiger partial charge in [0.1, 0.15) is 5.02 Å². The number of aryl methyl sites for hydroxylation is 2. The van der Waals surface area contributed by atoms with E-state index in [2.05, 4.69) is 49.2 Å². The predicted octanol–water partition coefficient (Wildman–Crippen LogP) is 2.65. The number of halogens is 1. The summed E-state index contributed by atoms with van der Waals surface area (Å²) in [5.41, 5.74) is 1.01. The first-order chi connectivity index (χ1) is 14.7. The van der Waals surface area contributed by atoms with Gasteiger partial charge in [-0.15, -0.1) is 0 Å². The van der Waals surface area contributed by atoms with E-state index in [1.54, 1.807) is 17.1 Å². The molecule has 1 N–H and O–H groups in total. The van der Waals surface area contributed by atoms with Crippen molar-refractivity contribution in [2.24, 2.45) is 17.9 Å². The van der Waals surface area contributed by atoms with Crippen LogP contribution in [-0.2, 0) is 13.6 Å². The SMILES string of the molecule is Cc1noc(CN2C[C@@]3(C)CN(c4nc(Nc5cnn(C)c5)ncc4Cl)C[C@@]3(C)C2)n1. The second-order valence-electron chi connectivity index (χ2n) is 9.25. The summed E-state index contributed by atoms with van der Waals surface area (Å²) in [4.78, 5) is 18.1. The standard InChI is InChI=1S/C20H26ClN9O/c1-13-24-16(31-27-13)8-29-9-19(2)11-30(12-20(19,3)10-29)17-15(21)6-22-18(26-17)25-14-5-23-28(4)7-14/h5-7H,8-12H2,1-4H3,(H,22,25,26)/t19-,20+. The Morgan fingerprint density at radius 2 is 1.87 bits per heavy atom. The zero-order valence-electron chi connectivity index (χ0n) is 18.1. The molecule has 2 atom stereocenters. The Morgan fingerprint density at radius 3 is 2.48 bits per heavy atom. The van der Waals surface area contributed by atoms with Gasteiger partial charge in [-0.05, 0) is 6.92 Å². The quantitative estimate of drug-likeness (QED) is 0.637. The van der Waals surface area contributed by atoms with Gasteiger partial charge in [0.05, 0.1) is 24.6 Å². The van der Waals surface area contributed by atoms with Crippen molar-refractivity contribution in [3.05, 3.63) is 35.3 Å². The highest BCUT2D eigenvalue weighted by Gasteiger charge is 2.58. The van der Waals surface area contributed by atoms with E-state index < -0.39 is 0 Å². The summed E-state index contributed by atoms with van der Waals surface area (Å²) >= 11 is 6.52. The van der Waals surface area contributed by atoms with Gasteiger partial charge < -0.3 is 14.7 Å². The van der Waals surface area contributed by atoms with Crippen molar-refractivity contribution in [1.82, 2.24) is 34.8 Å². The van der Waals surface area contributed by atoms with Crippen LogP contribution in [0.3, 0.4) is 0 Å². The van der Waals surface area contributed by atoms with Crippen LogP contribution < -0.4 is 10.2 Å². The maximum absolute atomic E-state index is 6.52. The Kier molecular flexibility index (Phi) is 4.67. The van der Waals surface area contributed by atoms with Gasteiger partial charge in [-0.1, -0.05) is 30.6 Å². The molecule has 0 radical (unpaired) electrons. The lowest BCUT2D eigenvalue weighted by molar-refractivity contribution is 0.212. The fraction of sp³-hybridized carbons (Fsp3) is 0.550. The third kappa shape index (κ3) is 3.63. The summed E-state index contributed by atoms with van der Waals surface area (Å²) in [5.74, 6) is 2.62. The number of hydrogen-bond donors (Lipinski definition) is 1. The lowest BCUT2D eigenvalue weighted by Gasteiger charge is -2.30. The maximum atomic E-state index is 6.52. The van der Waals surface area contributed by atoms with Crippen molar-refractivity contribution in [1.29, 1.82) is 0 Å². The molecule has 2 fully saturated rings. The van der Waals surface area contributed by atoms with Crippen LogP contribution in [0.1, 0.15) is 25.6 Å². The van der Waals surface area contributed by atoms with Gasteiger partial charge in [0, 0.05) is 50.3 Å². The molecule has 0 aliphatic carbocycles. The summed E-state index contributed by atoms with van der Waals surface area (Å²) in [6.07, 6.45) is 5.27. The molecule has 164 valence electrons. The lowest BCUT2D eigenvalue weighted by Crippen LogP contribution is -2.34. The third-order valence-corrected chi connectivity index (χ3v) is 6.86. The molecule has 3 aromatic heterocycles. The van der Waals surface area contributed by atoms with Crippen molar-refractivity contribution in [3.63, 3.8) is 0 Å². The molecule has 0 spiro atoms. The van der Waals surface area contributed by atoms with Crippen LogP contribution in [0.5, 0.6) is 0 Å². The average Bonchev–Trinajstić information content (AvgIpc) is 3.40. The molecule has 0 saturated carbocycles. The summed E-state index contributed by atoms with van der Waals surface area (Å²) < 4.78 is 7.05. The number of nitrogens with one attached hydrogen (secondary N) is 1. The lowest BCUT2D eigenvalue weighted by atomic mass is 9.71. The van der Waals surface area contributed by atoms with E-state index >= 15 is 0 Å². The average molecular weight is 444 g/mol. The van der Waals surface area contributed by atoms with Gasteiger partial charge in [-0.3, -0.25) is 9.58 Å². The monoisotopic (exact) mass is 443 g/mol. The van der Waals surface area contributed by atoms with E-state index in [-0.39, 0.29) is 10.8 Å². The summed E-state index contributed by atoms with van der Waals surface area (Å²) in [5, 5.41) is 11.8. The van der Waals surface area contributed by atoms with Gasteiger partial charge in [-0.2, -0.15) is 15.1 Å². The molecule has 2 saturated heterocycles. The Balaban J connectivity index is 1.33. The van der Waals surface area contributed by atoms with E-state index in [1.165, 1.54) is 0 Å². The number of nitrogens with zero attached hydrogens (tertiary/aromatic N) is 8. The molecule has 3 aromatic rings. The molecular weight excluding hydrogens is 418 g/mol. The molecule has 0 unspecified atom stereocenters. The van der Waals surface area contributed by atoms with Crippen LogP contribution in [0.25, 0.3) is 0 Å². The molecule has 0 bridgehead atoms. The highest BCUT2D eigenvalue weighted by Crippen LogP contribution is 2.53. The molecule has 31 heavy (non-hydrogen) atoms. The minimum atomic E-state index is 0.0906. The fourth-order valence-corrected chi connectivity index (χ4v) is 5.13. The van der Waals surface area contributed by atoms with Gasteiger partial charge >= 0.3 is 0 Å². The zero-order chi connectivity index (χ0) is 21.8. The summed E-state index contributed by atoms with van der Waals surface area (Å²) in [6, 6.07) is 0. The van der Waals surface area contributed by atoms with E-state index in [1.807, 2.05) is 20.2 Å². The van der Waals surface area contributed by atoms with Crippen LogP contribution in [-0.4, -0.2) is 61.0 Å². The van der Waals surface area contributed by atoms with Crippen molar-refractivity contribution in [2.45, 2.75) is 27.3 Å². The Labute approximate surface area is 185 Å². The second kappa shape index (κ2) is 7.16. The van der Waals surface area contributed by atoms with E-state index in [4.69, 9.17) is 21.1 Å². The number of rotatable bonds is 5. The molecule has 2 aliphatic rings. The Bertz CT molecular complexity index is 1090. The highest BCUT2D eigenvalue weighted by atomic mass is 35.5. The number of anilines is 3. The third-order valence-electron chi connectivity index (χ3n) is 6.60. The number of likely N-dealkylation sites (tertiary alicyclic amines) is 1. The molecule has 2 aliphatic heterocycles. The fourth-order valence-electron chi connectivity index (χ4n) is 4.92. The number of fused-ring (bicyclic) bond motifs is 1. The molecule has 10 nitrogen and oxygen atoms in total. The first kappa shape index (κ1) is 20.2. The summed E-state index contributed by atoms with van der Waals surface area (Å²) in [7, 11) is 1.87. The normalized spacial score (nSPS) is 25.9. The van der Waals surface area contributed by atoms with Gasteiger partial charge in [-0.25, -0.2) is 4.98 Å². The van der Waals surface area contributed by atoms with Gasteiger partial charge in [0.15, 0.2) is 11.6 Å². The molecule has 11 heteroatoms. The Morgan fingerprint density at radius 1 is 1.13 bits per heavy atom. The van der Waals surface area contributed by atoms with Crippen molar-refractivity contribution in [3.8, 4) is 0 Å². The zero-order valence-corrected chi connectivity index (χ0v) is 18.9. The van der Waals surface area contributed by atoms with Crippen LogP contribution in [0.2, 0.25) is 5.02 Å². The minimum Gasteiger partial charge on any atom is -0.354 e. The van der Waals surface area contributed by atoms with Gasteiger partial charge in [0.25, 0.3) is 0 Å². The molecule has 5 heterocycles. The highest BCUT2D eigenvalue weighted by molar-refractivity contribution is 6.32. The minimum absolute atomic E-state index is 0.0906. The first-order valence-corrected chi connectivity index (χ1v) is 10.7. The van der Waals surface area contributed by atoms with Crippen LogP contribution >= 0.6 is 11.6 Å². The van der Waals surface area contributed by atoms with Crippen molar-refractivity contribution >= 4 is 29.1 Å². The van der Waals surface area contributed by atoms with E-state index in [0.717, 1.165) is 37.7 Å². The maximum Gasteiger partial charge on any atom is 0.240 e. The molecule has 0 amide bonds. The van der Waals surface area contributed by atoms with Crippen molar-refractivity contribution < 1.29 is 4.52 Å². The van der Waals surface area contributed by atoms with Crippen LogP contribution in [0, 0.1) is 17.8 Å². The second-order valence-corrected chi connectivity index (χ2v) is 9.66. The molecule has 5 rings (SSSR count). The number of hydrogen-bond acceptors (Lipinski definition) is 9. The van der Waals surface area contributed by atoms with E-state index in [9.17, 15) is 0 Å². The smallest absolute Gasteiger partial charge is 0.240 e. The first-order valence-electron chi connectivity index (χ1n) is 10.3. The summed E-state index contributed by atoms with van der Waals surface area (Å²) in [6.45, 7) is 10.8. The molecular formula is C20H26ClN9O. The largest absolute Gasteiger partial charge is 0.354 e. The van der Waals surface area contributed by atoms with Crippen LogP contribution in [0.15, 0.2) is 23.1 Å². The Hall–Kier alpha value is -2.72. The number of aromatic nitrogens is 6. The van der Waals surface area contributed by atoms with Crippen LogP contribution in [0.4, 0.5) is 17.5 Å². The van der Waals surface area contributed by atoms with Gasteiger partial charge in [0.2, 0.25) is 11.8 Å². The topological polar surface area (TPSA) is 101 Å². The van der Waals surface area contributed by atoms with E-state index in [0.29, 0.717) is 29.2 Å². The predicted molar refractivity (Wildman–Crippen MR) is 116 cm³/mol. The van der Waals surface area contributed by atoms with Crippen molar-refractivity contribution in [2.75, 3.05) is 36.4 Å².